The van der Waals surface area contributed by atoms with Gasteiger partial charge in [-0.1, -0.05) is 35.5 Å². The van der Waals surface area contributed by atoms with Crippen molar-refractivity contribution in [3.63, 3.8) is 0 Å². The van der Waals surface area contributed by atoms with E-state index in [1.165, 1.54) is 41.1 Å². The Balaban J connectivity index is 1.24. The zero-order valence-electron chi connectivity index (χ0n) is 21.2. The molecule has 2 aromatic heterocycles. The number of nitrogens with zero attached hydrogens (tertiary/aromatic N) is 4. The number of carboxylic acid groups (broad SMARTS) is 1. The summed E-state index contributed by atoms with van der Waals surface area (Å²) in [5, 5.41) is 17.6. The quantitative estimate of drug-likeness (QED) is 0.105. The van der Waals surface area contributed by atoms with Gasteiger partial charge in [0.2, 0.25) is 0 Å². The molecule has 11 nitrogen and oxygen atoms in total. The number of carbonyl (C=O) groups is 3. The predicted molar refractivity (Wildman–Crippen MR) is 153 cm³/mol. The normalized spacial score (nSPS) is 18.7. The van der Waals surface area contributed by atoms with E-state index in [0.717, 1.165) is 22.8 Å². The number of oxime groups is 1. The van der Waals surface area contributed by atoms with Crippen LogP contribution in [0.5, 0.6) is 0 Å². The zero-order chi connectivity index (χ0) is 28.2. The largest absolute Gasteiger partial charge is 0.477 e. The first kappa shape index (κ1) is 27.7. The molecule has 1 saturated heterocycles. The molecule has 2 aliphatic heterocycles. The Morgan fingerprint density at radius 2 is 2.02 bits per heavy atom. The summed E-state index contributed by atoms with van der Waals surface area (Å²) in [6, 6.07) is 13.2. The van der Waals surface area contributed by atoms with E-state index in [-0.39, 0.29) is 22.2 Å². The lowest BCUT2D eigenvalue weighted by Crippen LogP contribution is -2.71. The Kier molecular flexibility index (Phi) is 8.38. The van der Waals surface area contributed by atoms with E-state index in [4.69, 9.17) is 10.6 Å². The maximum atomic E-state index is 13.1. The number of thioether (sulfide) groups is 2. The van der Waals surface area contributed by atoms with Crippen molar-refractivity contribution < 1.29 is 28.9 Å². The Hall–Kier alpha value is -3.88. The molecule has 0 radical (unpaired) electrons. The molecule has 0 saturated carbocycles. The maximum Gasteiger partial charge on any atom is 0.352 e. The monoisotopic (exact) mass is 597 g/mol. The van der Waals surface area contributed by atoms with Gasteiger partial charge in [-0.2, -0.15) is 0 Å². The van der Waals surface area contributed by atoms with Crippen molar-refractivity contribution in [2.45, 2.75) is 22.9 Å². The molecule has 2 aliphatic rings. The number of carbonyl (C=O) groups excluding carboxylic acids is 2. The standard InChI is InChI=1S/C26H24N6O5S3/c1-37-30-19(18-14-40-26(27)28-18)22(33)29-20-23(34)32-21(25(35)36)16(13-39-24(20)32)12-38-17-7-9-31(10-8-17)11-15-5-3-2-4-6-15/h2-10,14,20,24H,11-13H2,1H3,(H3-,27,28,29,33,35,36)/p+1/b30-19-/t20-,24+/m1/s1. The van der Waals surface area contributed by atoms with Gasteiger partial charge in [-0.15, -0.1) is 34.9 Å². The van der Waals surface area contributed by atoms with Crippen molar-refractivity contribution >= 4 is 63.5 Å². The molecule has 0 bridgehead atoms. The average molecular weight is 598 g/mol. The first-order chi connectivity index (χ1) is 19.4. The lowest BCUT2D eigenvalue weighted by atomic mass is 10.0. The number of thiazole rings is 1. The molecule has 1 aromatic carbocycles. The molecule has 4 N–H and O–H groups in total. The van der Waals surface area contributed by atoms with Gasteiger partial charge in [-0.05, 0) is 5.57 Å². The smallest absolute Gasteiger partial charge is 0.352 e. The van der Waals surface area contributed by atoms with Crippen LogP contribution in [0.4, 0.5) is 5.13 Å². The number of amides is 2. The number of hydrogen-bond donors (Lipinski definition) is 3. The second-order valence-electron chi connectivity index (χ2n) is 8.79. The highest BCUT2D eigenvalue weighted by molar-refractivity contribution is 8.01. The molecule has 0 spiro atoms. The highest BCUT2D eigenvalue weighted by Gasteiger charge is 2.54. The van der Waals surface area contributed by atoms with Crippen LogP contribution in [0, 0.1) is 0 Å². The number of nitrogens with one attached hydrogen (secondary N) is 1. The van der Waals surface area contributed by atoms with Crippen LogP contribution in [0.15, 0.2) is 81.6 Å². The molecule has 5 rings (SSSR count). The number of pyridine rings is 1. The summed E-state index contributed by atoms with van der Waals surface area (Å²) in [5.41, 5.74) is 7.58. The van der Waals surface area contributed by atoms with Crippen molar-refractivity contribution in [2.24, 2.45) is 5.16 Å². The number of fused-ring (bicyclic) bond motifs is 1. The topological polar surface area (TPSA) is 151 Å². The maximum absolute atomic E-state index is 13.1. The fourth-order valence-electron chi connectivity index (χ4n) is 4.31. The van der Waals surface area contributed by atoms with Crippen LogP contribution in [0.2, 0.25) is 0 Å². The first-order valence-electron chi connectivity index (χ1n) is 12.0. The van der Waals surface area contributed by atoms with Gasteiger partial charge in [-0.25, -0.2) is 14.3 Å². The Morgan fingerprint density at radius 3 is 2.67 bits per heavy atom. The average Bonchev–Trinajstić information content (AvgIpc) is 3.39. The van der Waals surface area contributed by atoms with E-state index in [9.17, 15) is 19.5 Å². The number of carboxylic acids is 1. The highest BCUT2D eigenvalue weighted by Crippen LogP contribution is 2.41. The van der Waals surface area contributed by atoms with Gasteiger partial charge in [0.1, 0.15) is 29.9 Å². The number of aromatic nitrogens is 2. The molecule has 40 heavy (non-hydrogen) atoms. The zero-order valence-corrected chi connectivity index (χ0v) is 23.7. The molecule has 4 heterocycles. The van der Waals surface area contributed by atoms with Gasteiger partial charge in [0.25, 0.3) is 11.8 Å². The summed E-state index contributed by atoms with van der Waals surface area (Å²) >= 11 is 4.05. The van der Waals surface area contributed by atoms with E-state index in [1.54, 1.807) is 5.38 Å². The number of anilines is 1. The van der Waals surface area contributed by atoms with Crippen LogP contribution in [-0.4, -0.2) is 68.5 Å². The van der Waals surface area contributed by atoms with E-state index in [1.807, 2.05) is 42.7 Å². The van der Waals surface area contributed by atoms with Gasteiger partial charge in [-0.3, -0.25) is 14.5 Å². The summed E-state index contributed by atoms with van der Waals surface area (Å²) in [4.78, 5) is 49.3. The second kappa shape index (κ2) is 12.1. The molecule has 206 valence electrons. The van der Waals surface area contributed by atoms with Crippen molar-refractivity contribution in [2.75, 3.05) is 24.3 Å². The highest BCUT2D eigenvalue weighted by atomic mass is 32.2. The number of benzene rings is 1. The Morgan fingerprint density at radius 1 is 1.27 bits per heavy atom. The summed E-state index contributed by atoms with van der Waals surface area (Å²) in [6.07, 6.45) is 3.97. The molecule has 0 aliphatic carbocycles. The summed E-state index contributed by atoms with van der Waals surface area (Å²) < 4.78 is 2.07. The molecule has 1 fully saturated rings. The number of β-lactam (4-membered cyclic amide) rings is 1. The summed E-state index contributed by atoms with van der Waals surface area (Å²) in [5.74, 6) is -1.51. The molecule has 14 heteroatoms. The van der Waals surface area contributed by atoms with Crippen LogP contribution in [0.25, 0.3) is 0 Å². The molecular weight excluding hydrogens is 573 g/mol. The van der Waals surface area contributed by atoms with Gasteiger partial charge < -0.3 is 21.0 Å². The van der Waals surface area contributed by atoms with Gasteiger partial charge in [0, 0.05) is 39.5 Å². The third-order valence-electron chi connectivity index (χ3n) is 6.18. The SMILES string of the molecule is CO/N=C(\C(=O)N[C@@H]1C(=O)N2C(C(=O)O)=C(CSc3cc[n+](Cc4ccccc4)cc3)CS[C@@H]12)c1csc(N)n1. The molecule has 2 amide bonds. The first-order valence-corrected chi connectivity index (χ1v) is 15.0. The van der Waals surface area contributed by atoms with Crippen LogP contribution >= 0.6 is 34.9 Å². The van der Waals surface area contributed by atoms with Crippen LogP contribution < -0.4 is 15.6 Å². The lowest BCUT2D eigenvalue weighted by Gasteiger charge is -2.49. The number of nitrogen functional groups attached to an aromatic ring is 1. The van der Waals surface area contributed by atoms with Crippen molar-refractivity contribution in [3.05, 3.63) is 82.8 Å². The minimum absolute atomic E-state index is 0.0279. The fraction of sp³-hybridized carbons (Fsp3) is 0.231. The lowest BCUT2D eigenvalue weighted by molar-refractivity contribution is -0.688. The number of hydrogen-bond acceptors (Lipinski definition) is 10. The summed E-state index contributed by atoms with van der Waals surface area (Å²) in [7, 11) is 1.29. The van der Waals surface area contributed by atoms with Crippen molar-refractivity contribution in [3.8, 4) is 0 Å². The second-order valence-corrected chi connectivity index (χ2v) is 11.8. The number of aliphatic carboxylic acids is 1. The van der Waals surface area contributed by atoms with Crippen LogP contribution in [0.3, 0.4) is 0 Å². The third kappa shape index (κ3) is 5.83. The van der Waals surface area contributed by atoms with E-state index in [0.29, 0.717) is 17.1 Å². The Labute approximate surface area is 242 Å². The molecular formula is C26H25N6O5S3+. The van der Waals surface area contributed by atoms with Crippen LogP contribution in [0.1, 0.15) is 11.3 Å². The van der Waals surface area contributed by atoms with Gasteiger partial charge in [0.05, 0.1) is 0 Å². The Bertz CT molecular complexity index is 1490. The van der Waals surface area contributed by atoms with Gasteiger partial charge >= 0.3 is 5.97 Å². The predicted octanol–water partition coefficient (Wildman–Crippen LogP) is 1.94. The molecule has 3 aromatic rings. The van der Waals surface area contributed by atoms with E-state index in [2.05, 4.69) is 32.2 Å². The summed E-state index contributed by atoms with van der Waals surface area (Å²) in [6.45, 7) is 0.754. The molecule has 0 unspecified atom stereocenters. The van der Waals surface area contributed by atoms with Crippen molar-refractivity contribution in [1.29, 1.82) is 0 Å². The minimum Gasteiger partial charge on any atom is -0.477 e. The minimum atomic E-state index is -1.17. The van der Waals surface area contributed by atoms with E-state index < -0.39 is 29.2 Å². The van der Waals surface area contributed by atoms with Crippen LogP contribution in [-0.2, 0) is 25.8 Å². The van der Waals surface area contributed by atoms with Gasteiger partial charge in [0.15, 0.2) is 29.8 Å². The third-order valence-corrected chi connectivity index (χ3v) is 9.29. The van der Waals surface area contributed by atoms with E-state index >= 15 is 0 Å². The molecule has 2 atom stereocenters. The number of rotatable bonds is 10. The number of nitrogens with two attached hydrogens (primary N) is 1. The fourth-order valence-corrected chi connectivity index (χ4v) is 7.22. The van der Waals surface area contributed by atoms with Crippen molar-refractivity contribution in [1.82, 2.24) is 15.2 Å².